The van der Waals surface area contributed by atoms with E-state index < -0.39 is 17.3 Å². The highest BCUT2D eigenvalue weighted by atomic mass is 16.7. The second-order valence-corrected chi connectivity index (χ2v) is 2.13. The minimum Gasteiger partial charge on any atom is -0.306 e. The van der Waals surface area contributed by atoms with Gasteiger partial charge in [-0.2, -0.15) is 0 Å². The van der Waals surface area contributed by atoms with Gasteiger partial charge in [0, 0.05) is 6.42 Å². The minimum atomic E-state index is -0.963. The van der Waals surface area contributed by atoms with E-state index in [1.165, 1.54) is 0 Å². The number of nitrogens with zero attached hydrogens (tertiary/aromatic N) is 1. The van der Waals surface area contributed by atoms with E-state index in [9.17, 15) is 14.9 Å². The molecule has 0 aromatic carbocycles. The highest BCUT2D eigenvalue weighted by molar-refractivity contribution is 5.56. The van der Waals surface area contributed by atoms with E-state index in [0.29, 0.717) is 19.1 Å². The van der Waals surface area contributed by atoms with Gasteiger partial charge in [0.1, 0.15) is 12.4 Å². The maximum atomic E-state index is 10.0. The monoisotopic (exact) mass is 145 g/mol. The third-order valence-electron chi connectivity index (χ3n) is 1.42. The predicted octanol–water partition coefficient (Wildman–Crippen LogP) is -0.0329. The third kappa shape index (κ3) is 1.30. The number of ether oxygens (including phenoxy) is 1. The lowest BCUT2D eigenvalue weighted by Gasteiger charge is -1.99. The third-order valence-corrected chi connectivity index (χ3v) is 1.42. The zero-order valence-electron chi connectivity index (χ0n) is 5.23. The van der Waals surface area contributed by atoms with Crippen LogP contribution < -0.4 is 0 Å². The molecule has 5 heteroatoms. The normalized spacial score (nSPS) is 32.0. The van der Waals surface area contributed by atoms with Crippen LogP contribution in [0.5, 0.6) is 0 Å². The highest BCUT2D eigenvalue weighted by Gasteiger charge is 2.32. The molecular weight excluding hydrogens is 138 g/mol. The smallest absolute Gasteiger partial charge is 0.306 e. The average molecular weight is 145 g/mol. The van der Waals surface area contributed by atoms with Crippen molar-refractivity contribution >= 4 is 6.29 Å². The van der Waals surface area contributed by atoms with Gasteiger partial charge in [0.25, 0.3) is 0 Å². The Morgan fingerprint density at radius 1 is 1.60 bits per heavy atom. The fourth-order valence-corrected chi connectivity index (χ4v) is 0.900. The quantitative estimate of drug-likeness (QED) is 0.310. The van der Waals surface area contributed by atoms with E-state index in [1.54, 1.807) is 0 Å². The standard InChI is InChI=1S/C5H7NO4/c7-3-4-1-2-5(10-4)6(8)9/h3-5H,1-2H2. The summed E-state index contributed by atoms with van der Waals surface area (Å²) in [6.07, 6.45) is -0.111. The van der Waals surface area contributed by atoms with E-state index in [2.05, 4.69) is 0 Å². The highest BCUT2D eigenvalue weighted by Crippen LogP contribution is 2.17. The van der Waals surface area contributed by atoms with Gasteiger partial charge in [0.15, 0.2) is 0 Å². The van der Waals surface area contributed by atoms with E-state index in [0.717, 1.165) is 0 Å². The minimum absolute atomic E-state index is 0.344. The van der Waals surface area contributed by atoms with Crippen LogP contribution in [-0.2, 0) is 9.53 Å². The summed E-state index contributed by atoms with van der Waals surface area (Å²) in [6, 6.07) is 0. The predicted molar refractivity (Wildman–Crippen MR) is 31.0 cm³/mol. The average Bonchev–Trinajstić information content (AvgIpc) is 2.34. The fraction of sp³-hybridized carbons (Fsp3) is 0.800. The van der Waals surface area contributed by atoms with E-state index >= 15 is 0 Å². The van der Waals surface area contributed by atoms with Crippen LogP contribution >= 0.6 is 0 Å². The van der Waals surface area contributed by atoms with Gasteiger partial charge in [-0.25, -0.2) is 0 Å². The lowest BCUT2D eigenvalue weighted by molar-refractivity contribution is -0.570. The number of aldehydes is 1. The number of hydrogen-bond acceptors (Lipinski definition) is 4. The lowest BCUT2D eigenvalue weighted by atomic mass is 10.2. The summed E-state index contributed by atoms with van der Waals surface area (Å²) in [4.78, 5) is 19.5. The molecule has 1 aliphatic heterocycles. The van der Waals surface area contributed by atoms with Crippen LogP contribution in [0.4, 0.5) is 0 Å². The zero-order valence-corrected chi connectivity index (χ0v) is 5.23. The molecule has 1 rings (SSSR count). The van der Waals surface area contributed by atoms with Gasteiger partial charge >= 0.3 is 6.23 Å². The number of rotatable bonds is 2. The second-order valence-electron chi connectivity index (χ2n) is 2.13. The van der Waals surface area contributed by atoms with Gasteiger partial charge in [-0.1, -0.05) is 0 Å². The van der Waals surface area contributed by atoms with Crippen molar-refractivity contribution in [2.75, 3.05) is 0 Å². The Hall–Kier alpha value is -0.970. The van der Waals surface area contributed by atoms with Gasteiger partial charge in [0.2, 0.25) is 0 Å². The molecule has 0 bridgehead atoms. The molecule has 0 aromatic heterocycles. The number of hydrogen-bond donors (Lipinski definition) is 0. The van der Waals surface area contributed by atoms with Crippen molar-refractivity contribution in [3.05, 3.63) is 10.1 Å². The summed E-state index contributed by atoms with van der Waals surface area (Å²) in [5.74, 6) is 0. The van der Waals surface area contributed by atoms with Crippen LogP contribution in [0, 0.1) is 10.1 Å². The Morgan fingerprint density at radius 3 is 2.60 bits per heavy atom. The maximum Gasteiger partial charge on any atom is 0.316 e. The molecule has 0 aromatic rings. The summed E-state index contributed by atoms with van der Waals surface area (Å²) >= 11 is 0. The Bertz CT molecular complexity index is 158. The van der Waals surface area contributed by atoms with Crippen LogP contribution in [0.15, 0.2) is 0 Å². The van der Waals surface area contributed by atoms with Crippen LogP contribution in [0.1, 0.15) is 12.8 Å². The molecule has 2 atom stereocenters. The van der Waals surface area contributed by atoms with Gasteiger partial charge in [-0.15, -0.1) is 0 Å². The van der Waals surface area contributed by atoms with Gasteiger partial charge < -0.3 is 9.53 Å². The molecule has 0 spiro atoms. The molecule has 1 saturated heterocycles. The van der Waals surface area contributed by atoms with Crippen LogP contribution in [0.25, 0.3) is 0 Å². The molecular formula is C5H7NO4. The number of nitro groups is 1. The Labute approximate surface area is 57.1 Å². The van der Waals surface area contributed by atoms with Crippen molar-refractivity contribution < 1.29 is 14.5 Å². The molecule has 1 heterocycles. The lowest BCUT2D eigenvalue weighted by Crippen LogP contribution is -2.19. The van der Waals surface area contributed by atoms with Crippen molar-refractivity contribution in [3.63, 3.8) is 0 Å². The summed E-state index contributed by atoms with van der Waals surface area (Å²) in [5.41, 5.74) is 0. The molecule has 0 saturated carbocycles. The van der Waals surface area contributed by atoms with E-state index in [4.69, 9.17) is 4.74 Å². The summed E-state index contributed by atoms with van der Waals surface area (Å²) < 4.78 is 4.70. The second kappa shape index (κ2) is 2.74. The van der Waals surface area contributed by atoms with Gasteiger partial charge in [-0.3, -0.25) is 10.1 Å². The van der Waals surface area contributed by atoms with Crippen molar-refractivity contribution in [1.82, 2.24) is 0 Å². The first-order chi connectivity index (χ1) is 4.74. The van der Waals surface area contributed by atoms with Crippen LogP contribution in [-0.4, -0.2) is 23.5 Å². The first-order valence-electron chi connectivity index (χ1n) is 2.98. The molecule has 0 N–H and O–H groups in total. The van der Waals surface area contributed by atoms with Crippen molar-refractivity contribution in [2.45, 2.75) is 25.2 Å². The largest absolute Gasteiger partial charge is 0.316 e. The Morgan fingerprint density at radius 2 is 2.30 bits per heavy atom. The summed E-state index contributed by atoms with van der Waals surface area (Å²) in [6.45, 7) is 0. The first-order valence-corrected chi connectivity index (χ1v) is 2.98. The molecule has 0 aliphatic carbocycles. The van der Waals surface area contributed by atoms with Crippen LogP contribution in [0.2, 0.25) is 0 Å². The first kappa shape index (κ1) is 7.14. The molecule has 56 valence electrons. The van der Waals surface area contributed by atoms with E-state index in [-0.39, 0.29) is 0 Å². The number of carbonyl (C=O) groups excluding carboxylic acids is 1. The summed E-state index contributed by atoms with van der Waals surface area (Å²) in [5, 5.41) is 10.0. The molecule has 5 nitrogen and oxygen atoms in total. The van der Waals surface area contributed by atoms with Gasteiger partial charge in [-0.05, 0) is 6.42 Å². The maximum absolute atomic E-state index is 10.0. The fourth-order valence-electron chi connectivity index (χ4n) is 0.900. The Kier molecular flexibility index (Phi) is 1.96. The summed E-state index contributed by atoms with van der Waals surface area (Å²) in [7, 11) is 0. The zero-order chi connectivity index (χ0) is 7.56. The van der Waals surface area contributed by atoms with Crippen molar-refractivity contribution in [3.8, 4) is 0 Å². The topological polar surface area (TPSA) is 69.4 Å². The molecule has 0 radical (unpaired) electrons. The Balaban J connectivity index is 2.42. The molecule has 1 aliphatic rings. The van der Waals surface area contributed by atoms with Crippen LogP contribution in [0.3, 0.4) is 0 Å². The van der Waals surface area contributed by atoms with E-state index in [1.807, 2.05) is 0 Å². The SMILES string of the molecule is O=CC1CCC([N+](=O)[O-])O1. The molecule has 1 fully saturated rings. The molecule has 0 amide bonds. The number of carbonyl (C=O) groups is 1. The molecule has 2 unspecified atom stereocenters. The van der Waals surface area contributed by atoms with Crippen molar-refractivity contribution in [1.29, 1.82) is 0 Å². The van der Waals surface area contributed by atoms with Gasteiger partial charge in [0.05, 0.1) is 4.92 Å². The van der Waals surface area contributed by atoms with Crippen molar-refractivity contribution in [2.24, 2.45) is 0 Å². The molecule has 10 heavy (non-hydrogen) atoms.